The average molecular weight is 380 g/mol. The fourth-order valence-corrected chi connectivity index (χ4v) is 3.12. The van der Waals surface area contributed by atoms with Crippen LogP contribution >= 0.6 is 27.5 Å². The van der Waals surface area contributed by atoms with E-state index in [1.165, 1.54) is 30.3 Å². The highest BCUT2D eigenvalue weighted by atomic mass is 79.9. The first-order valence-corrected chi connectivity index (χ1v) is 7.98. The second-order valence-electron chi connectivity index (χ2n) is 3.92. The Hall–Kier alpha value is -1.31. The number of sulfonamides is 1. The monoisotopic (exact) mass is 378 g/mol. The Kier molecular flexibility index (Phi) is 4.22. The Morgan fingerprint density at radius 1 is 1.20 bits per heavy atom. The molecule has 0 aliphatic carbocycles. The zero-order chi connectivity index (χ0) is 14.9. The van der Waals surface area contributed by atoms with Gasteiger partial charge in [-0.25, -0.2) is 12.8 Å². The van der Waals surface area contributed by atoms with Crippen LogP contribution in [0, 0.1) is 5.82 Å². The molecule has 2 aromatic carbocycles. The number of hydrogen-bond acceptors (Lipinski definition) is 3. The molecule has 0 radical (unpaired) electrons. The molecule has 0 amide bonds. The Balaban J connectivity index is 2.38. The molecule has 0 heterocycles. The van der Waals surface area contributed by atoms with Crippen LogP contribution in [0.25, 0.3) is 0 Å². The summed E-state index contributed by atoms with van der Waals surface area (Å²) in [6.45, 7) is 0. The number of anilines is 2. The van der Waals surface area contributed by atoms with Crippen LogP contribution in [0.5, 0.6) is 0 Å². The van der Waals surface area contributed by atoms with Crippen molar-refractivity contribution in [2.75, 3.05) is 10.5 Å². The molecule has 20 heavy (non-hydrogen) atoms. The minimum atomic E-state index is -3.91. The van der Waals surface area contributed by atoms with Crippen molar-refractivity contribution < 1.29 is 12.8 Å². The van der Waals surface area contributed by atoms with Crippen molar-refractivity contribution in [3.63, 3.8) is 0 Å². The van der Waals surface area contributed by atoms with Gasteiger partial charge in [-0.1, -0.05) is 11.6 Å². The third-order valence-corrected chi connectivity index (χ3v) is 4.77. The quantitative estimate of drug-likeness (QED) is 0.800. The highest BCUT2D eigenvalue weighted by molar-refractivity contribution is 9.10. The molecule has 0 spiro atoms. The van der Waals surface area contributed by atoms with Gasteiger partial charge in [0.15, 0.2) is 0 Å². The van der Waals surface area contributed by atoms with Crippen LogP contribution < -0.4 is 10.5 Å². The first-order valence-electron chi connectivity index (χ1n) is 5.32. The lowest BCUT2D eigenvalue weighted by molar-refractivity contribution is 0.601. The average Bonchev–Trinajstić information content (AvgIpc) is 2.33. The topological polar surface area (TPSA) is 72.2 Å². The van der Waals surface area contributed by atoms with Gasteiger partial charge in [-0.15, -0.1) is 0 Å². The summed E-state index contributed by atoms with van der Waals surface area (Å²) in [6.07, 6.45) is 0. The molecule has 0 saturated heterocycles. The maximum absolute atomic E-state index is 13.4. The molecule has 0 aliphatic rings. The van der Waals surface area contributed by atoms with Gasteiger partial charge >= 0.3 is 0 Å². The van der Waals surface area contributed by atoms with E-state index in [4.69, 9.17) is 17.3 Å². The minimum absolute atomic E-state index is 0.0163. The van der Waals surface area contributed by atoms with Gasteiger partial charge in [0.25, 0.3) is 10.0 Å². The lowest BCUT2D eigenvalue weighted by atomic mass is 10.3. The molecule has 0 saturated carbocycles. The second-order valence-corrected chi connectivity index (χ2v) is 6.86. The van der Waals surface area contributed by atoms with Crippen LogP contribution in [-0.4, -0.2) is 8.42 Å². The molecular formula is C12H9BrClFN2O2S. The highest BCUT2D eigenvalue weighted by Gasteiger charge is 2.18. The minimum Gasteiger partial charge on any atom is -0.398 e. The van der Waals surface area contributed by atoms with Gasteiger partial charge in [-0.3, -0.25) is 4.72 Å². The Morgan fingerprint density at radius 3 is 2.50 bits per heavy atom. The van der Waals surface area contributed by atoms with Crippen molar-refractivity contribution in [3.05, 3.63) is 51.7 Å². The summed E-state index contributed by atoms with van der Waals surface area (Å²) in [5, 5.41) is 0.330. The van der Waals surface area contributed by atoms with E-state index >= 15 is 0 Å². The maximum atomic E-state index is 13.4. The first kappa shape index (κ1) is 15.1. The zero-order valence-corrected chi connectivity index (χ0v) is 13.1. The van der Waals surface area contributed by atoms with E-state index in [1.54, 1.807) is 0 Å². The van der Waals surface area contributed by atoms with Crippen LogP contribution in [-0.2, 0) is 10.0 Å². The van der Waals surface area contributed by atoms with Gasteiger partial charge in [0.1, 0.15) is 10.7 Å². The molecule has 0 fully saturated rings. The molecule has 0 atom stereocenters. The molecule has 8 heteroatoms. The van der Waals surface area contributed by atoms with Crippen molar-refractivity contribution in [3.8, 4) is 0 Å². The second kappa shape index (κ2) is 5.59. The molecular weight excluding hydrogens is 371 g/mol. The summed E-state index contributed by atoms with van der Waals surface area (Å²) >= 11 is 8.70. The SMILES string of the molecule is Nc1cc(Cl)ccc1S(=O)(=O)Nc1ccc(Br)c(F)c1. The van der Waals surface area contributed by atoms with Crippen molar-refractivity contribution in [2.24, 2.45) is 0 Å². The van der Waals surface area contributed by atoms with Crippen molar-refractivity contribution >= 4 is 48.9 Å². The fraction of sp³-hybridized carbons (Fsp3) is 0. The number of nitrogens with two attached hydrogens (primary N) is 1. The van der Waals surface area contributed by atoms with Crippen LogP contribution in [0.1, 0.15) is 0 Å². The Bertz CT molecular complexity index is 768. The first-order chi connectivity index (χ1) is 9.29. The molecule has 3 N–H and O–H groups in total. The standard InChI is InChI=1S/C12H9BrClFN2O2S/c13-9-3-2-8(6-10(9)15)17-20(18,19)12-4-1-7(14)5-11(12)16/h1-6,17H,16H2. The van der Waals surface area contributed by atoms with Crippen LogP contribution in [0.2, 0.25) is 5.02 Å². The van der Waals surface area contributed by atoms with E-state index in [0.29, 0.717) is 5.02 Å². The summed E-state index contributed by atoms with van der Waals surface area (Å²) in [7, 11) is -3.91. The fourth-order valence-electron chi connectivity index (χ4n) is 1.53. The third-order valence-electron chi connectivity index (χ3n) is 2.43. The number of nitrogens with one attached hydrogen (secondary N) is 1. The van der Waals surface area contributed by atoms with E-state index in [2.05, 4.69) is 20.7 Å². The lowest BCUT2D eigenvalue weighted by Gasteiger charge is -2.10. The van der Waals surface area contributed by atoms with Crippen LogP contribution in [0.3, 0.4) is 0 Å². The number of rotatable bonds is 3. The number of nitrogen functional groups attached to an aromatic ring is 1. The van der Waals surface area contributed by atoms with Gasteiger partial charge in [-0.2, -0.15) is 0 Å². The third kappa shape index (κ3) is 3.23. The summed E-state index contributed by atoms with van der Waals surface area (Å²) in [4.78, 5) is -0.120. The smallest absolute Gasteiger partial charge is 0.263 e. The van der Waals surface area contributed by atoms with Crippen LogP contribution in [0.15, 0.2) is 45.8 Å². The number of benzene rings is 2. The van der Waals surface area contributed by atoms with Crippen molar-refractivity contribution in [1.29, 1.82) is 0 Å². The molecule has 4 nitrogen and oxygen atoms in total. The molecule has 2 aromatic rings. The van der Waals surface area contributed by atoms with Crippen LogP contribution in [0.4, 0.5) is 15.8 Å². The predicted octanol–water partition coefficient (Wildman–Crippen LogP) is 3.62. The lowest BCUT2D eigenvalue weighted by Crippen LogP contribution is -2.14. The normalized spacial score (nSPS) is 11.3. The highest BCUT2D eigenvalue weighted by Crippen LogP contribution is 2.26. The van der Waals surface area contributed by atoms with E-state index in [-0.39, 0.29) is 20.7 Å². The largest absolute Gasteiger partial charge is 0.398 e. The van der Waals surface area contributed by atoms with Gasteiger partial charge in [0.05, 0.1) is 15.8 Å². The van der Waals surface area contributed by atoms with Gasteiger partial charge < -0.3 is 5.73 Å². The van der Waals surface area contributed by atoms with E-state index in [0.717, 1.165) is 6.07 Å². The van der Waals surface area contributed by atoms with E-state index < -0.39 is 15.8 Å². The Morgan fingerprint density at radius 2 is 1.90 bits per heavy atom. The Labute approximate surface area is 128 Å². The van der Waals surface area contributed by atoms with Gasteiger partial charge in [0, 0.05) is 5.02 Å². The number of hydrogen-bond donors (Lipinski definition) is 2. The van der Waals surface area contributed by atoms with Crippen molar-refractivity contribution in [1.82, 2.24) is 0 Å². The predicted molar refractivity (Wildman–Crippen MR) is 80.8 cm³/mol. The number of halogens is 3. The molecule has 0 aliphatic heterocycles. The summed E-state index contributed by atoms with van der Waals surface area (Å²) in [5.74, 6) is -0.575. The summed E-state index contributed by atoms with van der Waals surface area (Å²) in [5.41, 5.74) is 5.74. The van der Waals surface area contributed by atoms with E-state index in [9.17, 15) is 12.8 Å². The summed E-state index contributed by atoms with van der Waals surface area (Å²) < 4.78 is 40.2. The van der Waals surface area contributed by atoms with Crippen molar-refractivity contribution in [2.45, 2.75) is 4.90 Å². The molecule has 2 rings (SSSR count). The summed E-state index contributed by atoms with van der Waals surface area (Å²) in [6, 6.07) is 7.92. The van der Waals surface area contributed by atoms with E-state index in [1.807, 2.05) is 0 Å². The molecule has 106 valence electrons. The molecule has 0 bridgehead atoms. The zero-order valence-electron chi connectivity index (χ0n) is 9.90. The maximum Gasteiger partial charge on any atom is 0.263 e. The molecule has 0 unspecified atom stereocenters. The van der Waals surface area contributed by atoms with Gasteiger partial charge in [0.2, 0.25) is 0 Å². The van der Waals surface area contributed by atoms with Gasteiger partial charge in [-0.05, 0) is 52.3 Å². The molecule has 0 aromatic heterocycles.